The van der Waals surface area contributed by atoms with Crippen LogP contribution in [0.5, 0.6) is 0 Å². The van der Waals surface area contributed by atoms with Crippen LogP contribution in [0.2, 0.25) is 0 Å². The van der Waals surface area contributed by atoms with Gasteiger partial charge in [-0.15, -0.1) is 0 Å². The topological polar surface area (TPSA) is 108 Å². The molecule has 0 aliphatic carbocycles. The standard InChI is InChI=1S/C41H80NO8P/c1-6-8-10-12-14-16-18-20-21-22-24-25-27-29-31-33-40(43)47-37-39(38-49-51(45,46)48-36-35-42(3,4)5)50-41(44)34-32-30-28-26-23-19-17-15-13-11-9-7-2/h20-21,39H,6-19,22-38H2,1-5H3/p+1/b21-20+/t39-/m1/s1. The Bertz CT molecular complexity index is 891. The van der Waals surface area contributed by atoms with Crippen LogP contribution in [0.4, 0.5) is 0 Å². The maximum Gasteiger partial charge on any atom is 0.472 e. The fraction of sp³-hybridized carbons (Fsp3) is 0.902. The number of likely N-dealkylation sites (N-methyl/N-ethyl adjacent to an activating group) is 1. The first-order valence-corrected chi connectivity index (χ1v) is 22.4. The van der Waals surface area contributed by atoms with Gasteiger partial charge in [-0.3, -0.25) is 18.6 Å². The van der Waals surface area contributed by atoms with Gasteiger partial charge in [0.25, 0.3) is 0 Å². The van der Waals surface area contributed by atoms with Crippen LogP contribution in [0.25, 0.3) is 0 Å². The fourth-order valence-electron chi connectivity index (χ4n) is 5.71. The van der Waals surface area contributed by atoms with Crippen LogP contribution in [0.1, 0.15) is 187 Å². The number of phosphoric ester groups is 1. The molecule has 1 unspecified atom stereocenters. The maximum atomic E-state index is 12.6. The van der Waals surface area contributed by atoms with E-state index < -0.39 is 26.5 Å². The van der Waals surface area contributed by atoms with Crippen LogP contribution in [-0.2, 0) is 32.7 Å². The van der Waals surface area contributed by atoms with Gasteiger partial charge in [0.2, 0.25) is 0 Å². The molecule has 0 saturated heterocycles. The Balaban J connectivity index is 4.38. The molecule has 0 heterocycles. The van der Waals surface area contributed by atoms with E-state index in [0.29, 0.717) is 17.4 Å². The largest absolute Gasteiger partial charge is 0.472 e. The molecule has 51 heavy (non-hydrogen) atoms. The molecule has 0 saturated carbocycles. The lowest BCUT2D eigenvalue weighted by Crippen LogP contribution is -2.37. The highest BCUT2D eigenvalue weighted by molar-refractivity contribution is 7.47. The third-order valence-electron chi connectivity index (χ3n) is 9.05. The molecule has 0 aliphatic heterocycles. The Morgan fingerprint density at radius 3 is 1.45 bits per heavy atom. The Morgan fingerprint density at radius 2 is 1.00 bits per heavy atom. The van der Waals surface area contributed by atoms with Crippen LogP contribution < -0.4 is 0 Å². The van der Waals surface area contributed by atoms with Crippen molar-refractivity contribution in [2.75, 3.05) is 47.5 Å². The summed E-state index contributed by atoms with van der Waals surface area (Å²) in [5.74, 6) is -0.802. The number of allylic oxidation sites excluding steroid dienone is 2. The first-order chi connectivity index (χ1) is 24.5. The number of carbonyl (C=O) groups is 2. The Hall–Kier alpha value is -1.25. The van der Waals surface area contributed by atoms with Crippen LogP contribution in [-0.4, -0.2) is 74.9 Å². The monoisotopic (exact) mass is 747 g/mol. The normalized spacial score (nSPS) is 13.8. The summed E-state index contributed by atoms with van der Waals surface area (Å²) in [6.07, 6.45) is 33.9. The van der Waals surface area contributed by atoms with Crippen molar-refractivity contribution in [3.8, 4) is 0 Å². The second-order valence-corrected chi connectivity index (χ2v) is 16.8. The average Bonchev–Trinajstić information content (AvgIpc) is 3.07. The number of hydrogen-bond donors (Lipinski definition) is 1. The first kappa shape index (κ1) is 49.8. The predicted molar refractivity (Wildman–Crippen MR) is 211 cm³/mol. The van der Waals surface area contributed by atoms with Crippen LogP contribution >= 0.6 is 7.82 Å². The van der Waals surface area contributed by atoms with Gasteiger partial charge in [-0.25, -0.2) is 4.57 Å². The van der Waals surface area contributed by atoms with Crippen molar-refractivity contribution in [2.24, 2.45) is 0 Å². The smallest absolute Gasteiger partial charge is 0.462 e. The number of phosphoric acid groups is 1. The second kappa shape index (κ2) is 34.5. The zero-order valence-electron chi connectivity index (χ0n) is 33.9. The summed E-state index contributed by atoms with van der Waals surface area (Å²) in [5, 5.41) is 0. The summed E-state index contributed by atoms with van der Waals surface area (Å²) >= 11 is 0. The van der Waals surface area contributed by atoms with Gasteiger partial charge in [0.1, 0.15) is 19.8 Å². The zero-order valence-corrected chi connectivity index (χ0v) is 34.7. The SMILES string of the molecule is CCCCCCCC/C=C/CCCCCCCC(=O)OC[C@H](COP(=O)(O)OCC[N+](C)(C)C)OC(=O)CCCCCCCCCCCCCC. The van der Waals surface area contributed by atoms with E-state index in [0.717, 1.165) is 51.4 Å². The van der Waals surface area contributed by atoms with E-state index in [4.69, 9.17) is 18.5 Å². The lowest BCUT2D eigenvalue weighted by Gasteiger charge is -2.24. The van der Waals surface area contributed by atoms with Crippen molar-refractivity contribution in [1.29, 1.82) is 0 Å². The second-order valence-electron chi connectivity index (χ2n) is 15.4. The van der Waals surface area contributed by atoms with Crippen molar-refractivity contribution in [3.05, 3.63) is 12.2 Å². The number of hydrogen-bond acceptors (Lipinski definition) is 7. The quantitative estimate of drug-likeness (QED) is 0.0219. The van der Waals surface area contributed by atoms with Gasteiger partial charge in [-0.1, -0.05) is 148 Å². The van der Waals surface area contributed by atoms with Gasteiger partial charge in [0.05, 0.1) is 27.7 Å². The highest BCUT2D eigenvalue weighted by Gasteiger charge is 2.27. The molecular weight excluding hydrogens is 665 g/mol. The molecule has 0 radical (unpaired) electrons. The lowest BCUT2D eigenvalue weighted by atomic mass is 10.0. The summed E-state index contributed by atoms with van der Waals surface area (Å²) < 4.78 is 34.2. The molecule has 2 atom stereocenters. The van der Waals surface area contributed by atoms with Gasteiger partial charge in [0.15, 0.2) is 6.10 Å². The number of carbonyl (C=O) groups excluding carboxylic acids is 2. The minimum absolute atomic E-state index is 0.0334. The zero-order chi connectivity index (χ0) is 37.9. The molecule has 0 aliphatic rings. The molecule has 0 aromatic rings. The number of quaternary nitrogens is 1. The Labute approximate surface area is 314 Å². The van der Waals surface area contributed by atoms with Crippen molar-refractivity contribution in [1.82, 2.24) is 0 Å². The lowest BCUT2D eigenvalue weighted by molar-refractivity contribution is -0.870. The van der Waals surface area contributed by atoms with Crippen molar-refractivity contribution < 1.29 is 42.1 Å². The van der Waals surface area contributed by atoms with Crippen molar-refractivity contribution in [3.63, 3.8) is 0 Å². The Morgan fingerprint density at radius 1 is 0.588 bits per heavy atom. The van der Waals surface area contributed by atoms with Crippen molar-refractivity contribution >= 4 is 19.8 Å². The minimum Gasteiger partial charge on any atom is -0.462 e. The molecule has 10 heteroatoms. The minimum atomic E-state index is -4.37. The van der Waals surface area contributed by atoms with Gasteiger partial charge in [-0.05, 0) is 38.5 Å². The molecule has 9 nitrogen and oxygen atoms in total. The van der Waals surface area contributed by atoms with Crippen LogP contribution in [0, 0.1) is 0 Å². The third kappa shape index (κ3) is 38.3. The summed E-state index contributed by atoms with van der Waals surface area (Å²) in [6, 6.07) is 0. The van der Waals surface area contributed by atoms with E-state index in [1.54, 1.807) is 0 Å². The number of nitrogens with zero attached hydrogens (tertiary/aromatic N) is 1. The van der Waals surface area contributed by atoms with Gasteiger partial charge < -0.3 is 18.9 Å². The van der Waals surface area contributed by atoms with Crippen LogP contribution in [0.3, 0.4) is 0 Å². The summed E-state index contributed by atoms with van der Waals surface area (Å²) in [5.41, 5.74) is 0. The molecule has 1 N–H and O–H groups in total. The van der Waals surface area contributed by atoms with E-state index in [9.17, 15) is 19.0 Å². The highest BCUT2D eigenvalue weighted by atomic mass is 31.2. The first-order valence-electron chi connectivity index (χ1n) is 20.9. The van der Waals surface area contributed by atoms with Gasteiger partial charge >= 0.3 is 19.8 Å². The van der Waals surface area contributed by atoms with E-state index in [1.165, 1.54) is 103 Å². The molecule has 302 valence electrons. The van der Waals surface area contributed by atoms with Crippen LogP contribution in [0.15, 0.2) is 12.2 Å². The van der Waals surface area contributed by atoms with E-state index in [1.807, 2.05) is 21.1 Å². The molecule has 0 spiro atoms. The molecule has 0 rings (SSSR count). The molecular formula is C41H81NO8P+. The molecule has 0 amide bonds. The van der Waals surface area contributed by atoms with E-state index in [2.05, 4.69) is 26.0 Å². The Kier molecular flexibility index (Phi) is 33.7. The molecule has 0 aromatic heterocycles. The van der Waals surface area contributed by atoms with E-state index in [-0.39, 0.29) is 32.0 Å². The number of ether oxygens (including phenoxy) is 2. The maximum absolute atomic E-state index is 12.6. The third-order valence-corrected chi connectivity index (χ3v) is 10.0. The average molecular weight is 747 g/mol. The van der Waals surface area contributed by atoms with Gasteiger partial charge in [0, 0.05) is 12.8 Å². The molecule has 0 aromatic carbocycles. The van der Waals surface area contributed by atoms with E-state index >= 15 is 0 Å². The molecule has 0 bridgehead atoms. The van der Waals surface area contributed by atoms with Gasteiger partial charge in [-0.2, -0.15) is 0 Å². The number of esters is 2. The molecule has 0 fully saturated rings. The van der Waals surface area contributed by atoms with Crippen molar-refractivity contribution in [2.45, 2.75) is 193 Å². The highest BCUT2D eigenvalue weighted by Crippen LogP contribution is 2.43. The summed E-state index contributed by atoms with van der Waals surface area (Å²) in [6.45, 7) is 4.41. The summed E-state index contributed by atoms with van der Waals surface area (Å²) in [7, 11) is 1.48. The predicted octanol–water partition coefficient (Wildman–Crippen LogP) is 11.4. The number of unbranched alkanes of at least 4 members (excludes halogenated alkanes) is 22. The fourth-order valence-corrected chi connectivity index (χ4v) is 6.46. The number of rotatable bonds is 38. The summed E-state index contributed by atoms with van der Waals surface area (Å²) in [4.78, 5) is 35.2.